The number of unbranched alkanes of at least 4 members (excludes halogenated alkanes) is 1. The van der Waals surface area contributed by atoms with Crippen molar-refractivity contribution in [1.29, 1.82) is 0 Å². The van der Waals surface area contributed by atoms with E-state index in [0.717, 1.165) is 37.2 Å². The second kappa shape index (κ2) is 10.5. The van der Waals surface area contributed by atoms with E-state index in [0.29, 0.717) is 11.3 Å². The Morgan fingerprint density at radius 2 is 1.72 bits per heavy atom. The first-order chi connectivity index (χ1) is 14.1. The van der Waals surface area contributed by atoms with Crippen molar-refractivity contribution in [2.45, 2.75) is 71.6 Å². The van der Waals surface area contributed by atoms with E-state index in [9.17, 15) is 8.78 Å². The van der Waals surface area contributed by atoms with Gasteiger partial charge in [-0.3, -0.25) is 4.98 Å². The molecule has 0 N–H and O–H groups in total. The maximum atomic E-state index is 14.6. The number of aromatic nitrogens is 1. The van der Waals surface area contributed by atoms with Crippen molar-refractivity contribution in [2.24, 2.45) is 11.8 Å². The normalized spacial score (nSPS) is 18.9. The molecule has 3 heteroatoms. The molecule has 1 saturated carbocycles. The van der Waals surface area contributed by atoms with Crippen molar-refractivity contribution in [3.05, 3.63) is 53.2 Å². The summed E-state index contributed by atoms with van der Waals surface area (Å²) in [5.41, 5.74) is 2.03. The van der Waals surface area contributed by atoms with Crippen LogP contribution in [0.25, 0.3) is 11.3 Å². The van der Waals surface area contributed by atoms with Crippen molar-refractivity contribution in [3.63, 3.8) is 0 Å². The van der Waals surface area contributed by atoms with Crippen LogP contribution in [-0.4, -0.2) is 4.98 Å². The minimum atomic E-state index is -0.608. The van der Waals surface area contributed by atoms with Crippen LogP contribution >= 0.6 is 0 Å². The largest absolute Gasteiger partial charge is 0.256 e. The highest BCUT2D eigenvalue weighted by Gasteiger charge is 2.19. The fourth-order valence-electron chi connectivity index (χ4n) is 4.13. The lowest BCUT2D eigenvalue weighted by Crippen LogP contribution is -2.13. The van der Waals surface area contributed by atoms with Gasteiger partial charge in [0.15, 0.2) is 0 Å². The summed E-state index contributed by atoms with van der Waals surface area (Å²) in [6.07, 6.45) is 12.0. The highest BCUT2D eigenvalue weighted by molar-refractivity contribution is 5.61. The van der Waals surface area contributed by atoms with Crippen LogP contribution in [0.3, 0.4) is 0 Å². The van der Waals surface area contributed by atoms with Crippen LogP contribution in [0.2, 0.25) is 0 Å². The lowest BCUT2D eigenvalue weighted by Gasteiger charge is -2.25. The standard InChI is InChI=1S/C26H31F2N/c1-3-5-7-19-8-10-20(11-9-19)12-14-23-24(27)16-22(17-25(23)28)26-15-13-21(6-4-2)18-29-26/h13,15-20H,3-11H2,1-2H3. The number of halogens is 2. The summed E-state index contributed by atoms with van der Waals surface area (Å²) in [5.74, 6) is 5.76. The zero-order valence-electron chi connectivity index (χ0n) is 17.6. The van der Waals surface area contributed by atoms with E-state index in [1.165, 1.54) is 44.2 Å². The lowest BCUT2D eigenvalue weighted by atomic mass is 9.80. The summed E-state index contributed by atoms with van der Waals surface area (Å²) in [5, 5.41) is 0. The smallest absolute Gasteiger partial charge is 0.142 e. The highest BCUT2D eigenvalue weighted by atomic mass is 19.1. The summed E-state index contributed by atoms with van der Waals surface area (Å²) in [6, 6.07) is 6.47. The Morgan fingerprint density at radius 1 is 1.00 bits per heavy atom. The minimum absolute atomic E-state index is 0.121. The first kappa shape index (κ1) is 21.5. The monoisotopic (exact) mass is 395 g/mol. The molecule has 1 aromatic carbocycles. The zero-order valence-corrected chi connectivity index (χ0v) is 17.6. The third-order valence-corrected chi connectivity index (χ3v) is 5.92. The molecule has 154 valence electrons. The molecule has 1 heterocycles. The topological polar surface area (TPSA) is 12.9 Å². The van der Waals surface area contributed by atoms with E-state index in [1.807, 2.05) is 12.1 Å². The number of pyridine rings is 1. The van der Waals surface area contributed by atoms with E-state index < -0.39 is 11.6 Å². The van der Waals surface area contributed by atoms with Crippen LogP contribution in [0.15, 0.2) is 30.5 Å². The van der Waals surface area contributed by atoms with Gasteiger partial charge in [-0.25, -0.2) is 8.78 Å². The first-order valence-corrected chi connectivity index (χ1v) is 11.1. The van der Waals surface area contributed by atoms with Gasteiger partial charge in [0.1, 0.15) is 11.6 Å². The number of nitrogens with zero attached hydrogens (tertiary/aromatic N) is 1. The quantitative estimate of drug-likeness (QED) is 0.467. The molecule has 0 unspecified atom stereocenters. The van der Waals surface area contributed by atoms with Crippen LogP contribution in [0.1, 0.15) is 76.3 Å². The van der Waals surface area contributed by atoms with E-state index >= 15 is 0 Å². The second-order valence-corrected chi connectivity index (χ2v) is 8.25. The van der Waals surface area contributed by atoms with E-state index in [-0.39, 0.29) is 11.5 Å². The summed E-state index contributed by atoms with van der Waals surface area (Å²) < 4.78 is 29.2. The molecule has 0 saturated heterocycles. The first-order valence-electron chi connectivity index (χ1n) is 11.1. The molecular formula is C26H31F2N. The molecule has 1 aliphatic rings. The van der Waals surface area contributed by atoms with E-state index in [2.05, 4.69) is 30.7 Å². The average molecular weight is 396 g/mol. The summed E-state index contributed by atoms with van der Waals surface area (Å²) in [6.45, 7) is 4.33. The van der Waals surface area contributed by atoms with E-state index in [1.54, 1.807) is 6.20 Å². The molecule has 29 heavy (non-hydrogen) atoms. The third-order valence-electron chi connectivity index (χ3n) is 5.92. The number of hydrogen-bond acceptors (Lipinski definition) is 1. The van der Waals surface area contributed by atoms with Gasteiger partial charge < -0.3 is 0 Å². The predicted molar refractivity (Wildman–Crippen MR) is 115 cm³/mol. The molecule has 1 aromatic heterocycles. The molecule has 0 spiro atoms. The van der Waals surface area contributed by atoms with Crippen molar-refractivity contribution in [3.8, 4) is 23.1 Å². The molecule has 3 rings (SSSR count). The maximum Gasteiger partial charge on any atom is 0.142 e. The van der Waals surface area contributed by atoms with Gasteiger partial charge in [-0.2, -0.15) is 0 Å². The SMILES string of the molecule is CCCCC1CCC(C#Cc2c(F)cc(-c3ccc(CCC)cn3)cc2F)CC1. The van der Waals surface area contributed by atoms with Gasteiger partial charge >= 0.3 is 0 Å². The second-order valence-electron chi connectivity index (χ2n) is 8.25. The van der Waals surface area contributed by atoms with Crippen molar-refractivity contribution in [1.82, 2.24) is 4.98 Å². The Bertz CT molecular complexity index is 830. The van der Waals surface area contributed by atoms with E-state index in [4.69, 9.17) is 0 Å². The van der Waals surface area contributed by atoms with Crippen LogP contribution in [0, 0.1) is 35.3 Å². The Kier molecular flexibility index (Phi) is 7.81. The number of hydrogen-bond donors (Lipinski definition) is 0. The van der Waals surface area contributed by atoms with Gasteiger partial charge in [0.05, 0.1) is 11.3 Å². The van der Waals surface area contributed by atoms with Crippen LogP contribution in [0.5, 0.6) is 0 Å². The fraction of sp³-hybridized carbons (Fsp3) is 0.500. The zero-order chi connectivity index (χ0) is 20.6. The van der Waals surface area contributed by atoms with Crippen LogP contribution in [-0.2, 0) is 6.42 Å². The maximum absolute atomic E-state index is 14.6. The molecule has 0 aliphatic heterocycles. The molecule has 1 fully saturated rings. The molecule has 1 nitrogen and oxygen atoms in total. The van der Waals surface area contributed by atoms with Crippen LogP contribution in [0.4, 0.5) is 8.78 Å². The third kappa shape index (κ3) is 5.89. The minimum Gasteiger partial charge on any atom is -0.256 e. The molecule has 0 bridgehead atoms. The molecule has 2 aromatic rings. The number of aryl methyl sites for hydroxylation is 1. The highest BCUT2D eigenvalue weighted by Crippen LogP contribution is 2.31. The Hall–Kier alpha value is -2.21. The Morgan fingerprint density at radius 3 is 2.31 bits per heavy atom. The van der Waals surface area contributed by atoms with Gasteiger partial charge in [0, 0.05) is 17.7 Å². The van der Waals surface area contributed by atoms with Gasteiger partial charge in [-0.1, -0.05) is 57.4 Å². The summed E-state index contributed by atoms with van der Waals surface area (Å²) in [7, 11) is 0. The Labute approximate surface area is 174 Å². The molecular weight excluding hydrogens is 364 g/mol. The van der Waals surface area contributed by atoms with Gasteiger partial charge in [0.2, 0.25) is 0 Å². The predicted octanol–water partition coefficient (Wildman–Crippen LogP) is 7.33. The van der Waals surface area contributed by atoms with Crippen LogP contribution < -0.4 is 0 Å². The summed E-state index contributed by atoms with van der Waals surface area (Å²) in [4.78, 5) is 4.36. The average Bonchev–Trinajstić information content (AvgIpc) is 2.73. The van der Waals surface area contributed by atoms with Gasteiger partial charge in [-0.05, 0) is 61.8 Å². The van der Waals surface area contributed by atoms with Gasteiger partial charge in [-0.15, -0.1) is 0 Å². The number of rotatable bonds is 6. The summed E-state index contributed by atoms with van der Waals surface area (Å²) >= 11 is 0. The molecule has 0 atom stereocenters. The molecule has 0 radical (unpaired) electrons. The van der Waals surface area contributed by atoms with Crippen molar-refractivity contribution in [2.75, 3.05) is 0 Å². The van der Waals surface area contributed by atoms with Crippen molar-refractivity contribution < 1.29 is 8.78 Å². The van der Waals surface area contributed by atoms with Crippen molar-refractivity contribution >= 4 is 0 Å². The molecule has 0 amide bonds. The fourth-order valence-corrected chi connectivity index (χ4v) is 4.13. The Balaban J connectivity index is 1.68. The molecule has 1 aliphatic carbocycles. The lowest BCUT2D eigenvalue weighted by molar-refractivity contribution is 0.296. The number of benzene rings is 1. The van der Waals surface area contributed by atoms with Gasteiger partial charge in [0.25, 0.3) is 0 Å².